The first kappa shape index (κ1) is 16.9. The van der Waals surface area contributed by atoms with Gasteiger partial charge in [0.05, 0.1) is 0 Å². The molecule has 0 bridgehead atoms. The Balaban J connectivity index is 2.95. The lowest BCUT2D eigenvalue weighted by Gasteiger charge is -2.27. The zero-order valence-electron chi connectivity index (χ0n) is 11.8. The fourth-order valence-electron chi connectivity index (χ4n) is 1.61. The Morgan fingerprint density at radius 3 is 2.35 bits per heavy atom. The summed E-state index contributed by atoms with van der Waals surface area (Å²) < 4.78 is 33.1. The van der Waals surface area contributed by atoms with Crippen LogP contribution < -0.4 is 5.32 Å². The van der Waals surface area contributed by atoms with Crippen molar-refractivity contribution in [2.45, 2.75) is 45.3 Å². The van der Waals surface area contributed by atoms with Crippen LogP contribution in [0.1, 0.15) is 39.3 Å². The minimum atomic E-state index is -3.11. The van der Waals surface area contributed by atoms with Crippen LogP contribution in [0.25, 0.3) is 0 Å². The Kier molecular flexibility index (Phi) is 5.13. The monoisotopic (exact) mass is 349 g/mol. The average molecular weight is 350 g/mol. The second-order valence-electron chi connectivity index (χ2n) is 5.59. The molecule has 1 unspecified atom stereocenters. The van der Waals surface area contributed by atoms with Crippen molar-refractivity contribution in [3.8, 4) is 0 Å². The van der Waals surface area contributed by atoms with Gasteiger partial charge >= 0.3 is 6.09 Å². The molecule has 0 spiro atoms. The summed E-state index contributed by atoms with van der Waals surface area (Å²) in [6.45, 7) is 5.77. The van der Waals surface area contributed by atoms with E-state index in [4.69, 9.17) is 4.74 Å². The third-order valence-corrected chi connectivity index (χ3v) is 2.84. The molecule has 1 N–H and O–H groups in total. The minimum Gasteiger partial charge on any atom is -0.444 e. The van der Waals surface area contributed by atoms with Gasteiger partial charge in [0.1, 0.15) is 11.6 Å². The highest BCUT2D eigenvalue weighted by Gasteiger charge is 2.37. The second kappa shape index (κ2) is 6.08. The van der Waals surface area contributed by atoms with Crippen molar-refractivity contribution in [3.63, 3.8) is 0 Å². The van der Waals surface area contributed by atoms with Crippen molar-refractivity contribution < 1.29 is 18.3 Å². The summed E-state index contributed by atoms with van der Waals surface area (Å²) in [6.07, 6.45) is -0.871. The normalized spacial score (nSPS) is 13.8. The Morgan fingerprint density at radius 1 is 1.30 bits per heavy atom. The van der Waals surface area contributed by atoms with Crippen LogP contribution >= 0.6 is 15.9 Å². The Morgan fingerprint density at radius 2 is 1.90 bits per heavy atom. The maximum absolute atomic E-state index is 13.7. The molecule has 0 aliphatic heterocycles. The standard InChI is InChI=1S/C14H18BrF2NO2/c1-13(2,3)20-12(19)18-11(14(4,16)17)9-6-5-7-10(15)8-9/h5-8,11H,1-4H3,(H,18,19). The van der Waals surface area contributed by atoms with Gasteiger partial charge in [0.15, 0.2) is 0 Å². The summed E-state index contributed by atoms with van der Waals surface area (Å²) in [5, 5.41) is 2.23. The van der Waals surface area contributed by atoms with Gasteiger partial charge in [0.25, 0.3) is 5.92 Å². The molecule has 20 heavy (non-hydrogen) atoms. The van der Waals surface area contributed by atoms with E-state index >= 15 is 0 Å². The summed E-state index contributed by atoms with van der Waals surface area (Å²) in [4.78, 5) is 11.7. The van der Waals surface area contributed by atoms with Crippen molar-refractivity contribution in [1.82, 2.24) is 5.32 Å². The van der Waals surface area contributed by atoms with Crippen LogP contribution in [-0.4, -0.2) is 17.6 Å². The molecule has 0 fully saturated rings. The average Bonchev–Trinajstić information content (AvgIpc) is 2.21. The highest BCUT2D eigenvalue weighted by Crippen LogP contribution is 2.32. The van der Waals surface area contributed by atoms with E-state index in [1.807, 2.05) is 0 Å². The SMILES string of the molecule is CC(C)(C)OC(=O)NC(c1cccc(Br)c1)C(C)(F)F. The number of rotatable bonds is 3. The third kappa shape index (κ3) is 5.45. The number of carbonyl (C=O) groups is 1. The van der Waals surface area contributed by atoms with Crippen molar-refractivity contribution in [2.24, 2.45) is 0 Å². The van der Waals surface area contributed by atoms with E-state index in [1.165, 1.54) is 6.07 Å². The van der Waals surface area contributed by atoms with Gasteiger partial charge in [-0.05, 0) is 38.5 Å². The van der Waals surface area contributed by atoms with Crippen molar-refractivity contribution in [1.29, 1.82) is 0 Å². The molecule has 3 nitrogen and oxygen atoms in total. The van der Waals surface area contributed by atoms with E-state index < -0.39 is 23.7 Å². The molecule has 112 valence electrons. The maximum atomic E-state index is 13.7. The summed E-state index contributed by atoms with van der Waals surface area (Å²) >= 11 is 3.22. The molecule has 0 aliphatic carbocycles. The molecule has 0 radical (unpaired) electrons. The van der Waals surface area contributed by atoms with Crippen LogP contribution in [0.3, 0.4) is 0 Å². The highest BCUT2D eigenvalue weighted by atomic mass is 79.9. The van der Waals surface area contributed by atoms with Gasteiger partial charge in [-0.3, -0.25) is 0 Å². The summed E-state index contributed by atoms with van der Waals surface area (Å²) in [6, 6.07) is 4.98. The first-order valence-electron chi connectivity index (χ1n) is 6.12. The molecule has 0 saturated carbocycles. The largest absolute Gasteiger partial charge is 0.444 e. The number of hydrogen-bond acceptors (Lipinski definition) is 2. The fraction of sp³-hybridized carbons (Fsp3) is 0.500. The van der Waals surface area contributed by atoms with E-state index in [1.54, 1.807) is 39.0 Å². The lowest BCUT2D eigenvalue weighted by Crippen LogP contribution is -2.41. The molecule has 1 aromatic rings. The zero-order chi connectivity index (χ0) is 15.6. The van der Waals surface area contributed by atoms with Gasteiger partial charge in [-0.15, -0.1) is 0 Å². The molecule has 0 aliphatic rings. The number of hydrogen-bond donors (Lipinski definition) is 1. The van der Waals surface area contributed by atoms with Gasteiger partial charge < -0.3 is 10.1 Å². The number of benzene rings is 1. The summed E-state index contributed by atoms with van der Waals surface area (Å²) in [5.74, 6) is -3.11. The Hall–Kier alpha value is -1.17. The number of ether oxygens (including phenoxy) is 1. The lowest BCUT2D eigenvalue weighted by molar-refractivity contribution is -0.0254. The smallest absolute Gasteiger partial charge is 0.408 e. The van der Waals surface area contributed by atoms with Gasteiger partial charge in [-0.1, -0.05) is 28.1 Å². The second-order valence-corrected chi connectivity index (χ2v) is 6.51. The number of amides is 1. The molecular weight excluding hydrogens is 332 g/mol. The molecule has 1 amide bonds. The van der Waals surface area contributed by atoms with Crippen LogP contribution in [0.5, 0.6) is 0 Å². The summed E-state index contributed by atoms with van der Waals surface area (Å²) in [7, 11) is 0. The molecular formula is C14H18BrF2NO2. The first-order valence-corrected chi connectivity index (χ1v) is 6.91. The lowest BCUT2D eigenvalue weighted by atomic mass is 10.0. The number of carbonyl (C=O) groups excluding carboxylic acids is 1. The van der Waals surface area contributed by atoms with Gasteiger partial charge in [0, 0.05) is 11.4 Å². The third-order valence-electron chi connectivity index (χ3n) is 2.35. The number of nitrogens with one attached hydrogen (secondary N) is 1. The van der Waals surface area contributed by atoms with Crippen LogP contribution in [0.4, 0.5) is 13.6 Å². The summed E-state index contributed by atoms with van der Waals surface area (Å²) in [5.41, 5.74) is -0.438. The van der Waals surface area contributed by atoms with Gasteiger partial charge in [-0.2, -0.15) is 0 Å². The molecule has 0 aromatic heterocycles. The van der Waals surface area contributed by atoms with E-state index in [9.17, 15) is 13.6 Å². The number of halogens is 3. The molecule has 1 rings (SSSR count). The van der Waals surface area contributed by atoms with Crippen molar-refractivity contribution in [3.05, 3.63) is 34.3 Å². The van der Waals surface area contributed by atoms with Gasteiger partial charge in [0.2, 0.25) is 0 Å². The molecule has 1 aromatic carbocycles. The molecule has 6 heteroatoms. The van der Waals surface area contributed by atoms with E-state index in [2.05, 4.69) is 21.2 Å². The minimum absolute atomic E-state index is 0.303. The van der Waals surface area contributed by atoms with Gasteiger partial charge in [-0.25, -0.2) is 13.6 Å². The van der Waals surface area contributed by atoms with E-state index in [0.717, 1.165) is 6.92 Å². The first-order chi connectivity index (χ1) is 8.99. The Labute approximate surface area is 125 Å². The number of alkyl carbamates (subject to hydrolysis) is 1. The van der Waals surface area contributed by atoms with E-state index in [-0.39, 0.29) is 0 Å². The quantitative estimate of drug-likeness (QED) is 0.860. The van der Waals surface area contributed by atoms with E-state index in [0.29, 0.717) is 10.0 Å². The molecule has 0 heterocycles. The zero-order valence-corrected chi connectivity index (χ0v) is 13.4. The fourth-order valence-corrected chi connectivity index (χ4v) is 2.03. The molecule has 0 saturated heterocycles. The van der Waals surface area contributed by atoms with Crippen molar-refractivity contribution >= 4 is 22.0 Å². The maximum Gasteiger partial charge on any atom is 0.408 e. The predicted molar refractivity (Wildman–Crippen MR) is 76.9 cm³/mol. The number of alkyl halides is 2. The Bertz CT molecular complexity index is 481. The predicted octanol–water partition coefficient (Wildman–Crippen LogP) is 4.67. The van der Waals surface area contributed by atoms with Crippen LogP contribution in [0.2, 0.25) is 0 Å². The molecule has 1 atom stereocenters. The van der Waals surface area contributed by atoms with Crippen LogP contribution in [0, 0.1) is 0 Å². The topological polar surface area (TPSA) is 38.3 Å². The van der Waals surface area contributed by atoms with Crippen LogP contribution in [-0.2, 0) is 4.74 Å². The highest BCUT2D eigenvalue weighted by molar-refractivity contribution is 9.10. The van der Waals surface area contributed by atoms with Crippen molar-refractivity contribution in [2.75, 3.05) is 0 Å². The van der Waals surface area contributed by atoms with Crippen LogP contribution in [0.15, 0.2) is 28.7 Å².